The van der Waals surface area contributed by atoms with Gasteiger partial charge in [0, 0.05) is 23.5 Å². The van der Waals surface area contributed by atoms with Gasteiger partial charge in [-0.05, 0) is 57.4 Å². The molecule has 154 valence electrons. The zero-order valence-corrected chi connectivity index (χ0v) is 18.0. The Morgan fingerprint density at radius 2 is 2.00 bits per heavy atom. The van der Waals surface area contributed by atoms with Gasteiger partial charge in [0.25, 0.3) is 0 Å². The molecule has 7 nitrogen and oxygen atoms in total. The second-order valence-electron chi connectivity index (χ2n) is 8.14. The van der Waals surface area contributed by atoms with Gasteiger partial charge in [-0.15, -0.1) is 0 Å². The smallest absolute Gasteiger partial charge is 0.239 e. The third-order valence-corrected chi connectivity index (χ3v) is 7.78. The summed E-state index contributed by atoms with van der Waals surface area (Å²) in [7, 11) is -3.25. The van der Waals surface area contributed by atoms with E-state index in [4.69, 9.17) is 0 Å². The first kappa shape index (κ1) is 19.8. The van der Waals surface area contributed by atoms with E-state index in [1.165, 1.54) is 0 Å². The van der Waals surface area contributed by atoms with E-state index in [1.54, 1.807) is 36.2 Å². The van der Waals surface area contributed by atoms with Crippen molar-refractivity contribution in [3.63, 3.8) is 0 Å². The van der Waals surface area contributed by atoms with Crippen LogP contribution in [0.1, 0.15) is 51.2 Å². The van der Waals surface area contributed by atoms with Gasteiger partial charge in [-0.3, -0.25) is 9.69 Å². The lowest BCUT2D eigenvalue weighted by Crippen LogP contribution is -2.47. The van der Waals surface area contributed by atoms with E-state index in [1.807, 2.05) is 20.8 Å². The van der Waals surface area contributed by atoms with Crippen molar-refractivity contribution >= 4 is 33.2 Å². The van der Waals surface area contributed by atoms with Gasteiger partial charge in [-0.1, -0.05) is 13.3 Å². The van der Waals surface area contributed by atoms with Crippen LogP contribution in [0.25, 0.3) is 0 Å². The molecule has 0 radical (unpaired) electrons. The number of rotatable bonds is 5. The largest absolute Gasteiger partial charge is 0.324 e. The molecular weight excluding hydrogens is 388 g/mol. The highest BCUT2D eigenvalue weighted by molar-refractivity contribution is 7.91. The maximum absolute atomic E-state index is 13.1. The summed E-state index contributed by atoms with van der Waals surface area (Å²) in [5.74, 6) is 1.27. The summed E-state index contributed by atoms with van der Waals surface area (Å²) in [6, 6.07) is 4.99. The molecule has 8 heteroatoms. The Bertz CT molecular complexity index is 1090. The van der Waals surface area contributed by atoms with E-state index in [0.717, 1.165) is 36.1 Å². The number of carbonyl (C=O) groups is 1. The topological polar surface area (TPSA) is 92.3 Å². The van der Waals surface area contributed by atoms with E-state index in [0.29, 0.717) is 16.7 Å². The highest BCUT2D eigenvalue weighted by atomic mass is 32.2. The quantitative estimate of drug-likeness (QED) is 0.805. The number of aryl methyl sites for hydroxylation is 1. The number of sulfone groups is 1. The van der Waals surface area contributed by atoms with Gasteiger partial charge in [0.2, 0.25) is 11.9 Å². The fraction of sp³-hybridized carbons (Fsp3) is 0.476. The summed E-state index contributed by atoms with van der Waals surface area (Å²) >= 11 is 0. The third kappa shape index (κ3) is 3.01. The average Bonchev–Trinajstić information content (AvgIpc) is 2.91. The fourth-order valence-corrected chi connectivity index (χ4v) is 5.11. The van der Waals surface area contributed by atoms with E-state index >= 15 is 0 Å². The molecule has 1 N–H and O–H groups in total. The lowest BCUT2D eigenvalue weighted by molar-refractivity contribution is -0.126. The zero-order valence-electron chi connectivity index (χ0n) is 17.2. The minimum atomic E-state index is -3.25. The number of aromatic nitrogens is 2. The number of carbonyl (C=O) groups excluding carboxylic acids is 1. The molecule has 1 aromatic carbocycles. The van der Waals surface area contributed by atoms with Crippen LogP contribution in [0.2, 0.25) is 0 Å². The Labute approximate surface area is 171 Å². The monoisotopic (exact) mass is 414 g/mol. The van der Waals surface area contributed by atoms with Crippen LogP contribution < -0.4 is 10.2 Å². The number of hydrogen-bond acceptors (Lipinski definition) is 6. The Kier molecular flexibility index (Phi) is 4.64. The first-order valence-electron chi connectivity index (χ1n) is 10.0. The van der Waals surface area contributed by atoms with Crippen LogP contribution in [-0.2, 0) is 20.0 Å². The minimum absolute atomic E-state index is 0.0178. The Hall–Kier alpha value is -2.48. The van der Waals surface area contributed by atoms with Gasteiger partial charge >= 0.3 is 0 Å². The van der Waals surface area contributed by atoms with Crippen LogP contribution in [0.3, 0.4) is 0 Å². The number of amides is 1. The summed E-state index contributed by atoms with van der Waals surface area (Å²) < 4.78 is 24.2. The number of fused-ring (bicyclic) bond motifs is 2. The van der Waals surface area contributed by atoms with E-state index in [9.17, 15) is 13.2 Å². The highest BCUT2D eigenvalue weighted by Gasteiger charge is 2.56. The summed E-state index contributed by atoms with van der Waals surface area (Å²) in [5, 5.41) is 3.18. The molecule has 2 aromatic rings. The van der Waals surface area contributed by atoms with Gasteiger partial charge in [0.1, 0.15) is 5.82 Å². The second kappa shape index (κ2) is 6.79. The number of nitrogens with one attached hydrogen (secondary N) is 1. The molecule has 1 aromatic heterocycles. The molecule has 29 heavy (non-hydrogen) atoms. The molecule has 1 aliphatic carbocycles. The van der Waals surface area contributed by atoms with Crippen molar-refractivity contribution < 1.29 is 13.2 Å². The number of nitrogens with zero attached hydrogens (tertiary/aromatic N) is 3. The maximum Gasteiger partial charge on any atom is 0.239 e. The van der Waals surface area contributed by atoms with Crippen LogP contribution >= 0.6 is 0 Å². The maximum atomic E-state index is 13.1. The van der Waals surface area contributed by atoms with Gasteiger partial charge < -0.3 is 5.32 Å². The molecule has 0 unspecified atom stereocenters. The van der Waals surface area contributed by atoms with Crippen LogP contribution in [0, 0.1) is 6.92 Å². The first-order chi connectivity index (χ1) is 13.7. The third-order valence-electron chi connectivity index (χ3n) is 6.05. The molecule has 0 atom stereocenters. The first-order valence-corrected chi connectivity index (χ1v) is 11.7. The summed E-state index contributed by atoms with van der Waals surface area (Å²) in [5.41, 5.74) is 2.01. The van der Waals surface area contributed by atoms with Crippen molar-refractivity contribution in [3.8, 4) is 0 Å². The lowest BCUT2D eigenvalue weighted by atomic mass is 9.66. The SMILES string of the molecule is CCS(=O)(=O)c1ccc(Nc2ncc3c(n2)N(C(C)C)C(=O)C32CCC2)c(C)c1. The van der Waals surface area contributed by atoms with Crippen molar-refractivity contribution in [2.75, 3.05) is 16.0 Å². The van der Waals surface area contributed by atoms with Gasteiger partial charge in [-0.25, -0.2) is 13.4 Å². The van der Waals surface area contributed by atoms with Crippen molar-refractivity contribution in [2.45, 2.75) is 63.3 Å². The normalized spacial score (nSPS) is 17.6. The fourth-order valence-electron chi connectivity index (χ4n) is 4.15. The van der Waals surface area contributed by atoms with Crippen LogP contribution in [-0.4, -0.2) is 36.1 Å². The molecular formula is C21H26N4O3S. The molecule has 0 bridgehead atoms. The molecule has 2 heterocycles. The van der Waals surface area contributed by atoms with Gasteiger partial charge in [-0.2, -0.15) is 4.98 Å². The average molecular weight is 415 g/mol. The van der Waals surface area contributed by atoms with Crippen LogP contribution in [0.4, 0.5) is 17.5 Å². The zero-order chi connectivity index (χ0) is 21.0. The van der Waals surface area contributed by atoms with E-state index in [-0.39, 0.29) is 17.7 Å². The summed E-state index contributed by atoms with van der Waals surface area (Å²) in [6.45, 7) is 7.46. The number of benzene rings is 1. The van der Waals surface area contributed by atoms with Crippen molar-refractivity contribution in [1.29, 1.82) is 0 Å². The van der Waals surface area contributed by atoms with Crippen LogP contribution in [0.15, 0.2) is 29.3 Å². The van der Waals surface area contributed by atoms with Gasteiger partial charge in [0.05, 0.1) is 16.1 Å². The second-order valence-corrected chi connectivity index (χ2v) is 10.4. The summed E-state index contributed by atoms with van der Waals surface area (Å²) in [6.07, 6.45) is 4.52. The molecule has 2 aliphatic rings. The van der Waals surface area contributed by atoms with Crippen molar-refractivity contribution in [3.05, 3.63) is 35.5 Å². The van der Waals surface area contributed by atoms with E-state index in [2.05, 4.69) is 15.3 Å². The Balaban J connectivity index is 1.68. The molecule has 1 aliphatic heterocycles. The standard InChI is InChI=1S/C21H26N4O3S/c1-5-29(27,28)15-7-8-17(14(4)11-15)23-20-22-12-16-18(24-20)25(13(2)3)19(26)21(16)9-6-10-21/h7-8,11-13H,5-6,9-10H2,1-4H3,(H,22,23,24). The number of hydrogen-bond donors (Lipinski definition) is 1. The molecule has 0 saturated heterocycles. The van der Waals surface area contributed by atoms with Crippen molar-refractivity contribution in [1.82, 2.24) is 9.97 Å². The molecule has 1 fully saturated rings. The molecule has 1 spiro atoms. The molecule has 1 amide bonds. The van der Waals surface area contributed by atoms with Gasteiger partial charge in [0.15, 0.2) is 9.84 Å². The van der Waals surface area contributed by atoms with Crippen molar-refractivity contribution in [2.24, 2.45) is 0 Å². The molecule has 4 rings (SSSR count). The Morgan fingerprint density at radius 3 is 2.55 bits per heavy atom. The predicted molar refractivity (Wildman–Crippen MR) is 112 cm³/mol. The minimum Gasteiger partial charge on any atom is -0.324 e. The summed E-state index contributed by atoms with van der Waals surface area (Å²) in [4.78, 5) is 24.3. The highest BCUT2D eigenvalue weighted by Crippen LogP contribution is 2.53. The lowest BCUT2D eigenvalue weighted by Gasteiger charge is -2.37. The predicted octanol–water partition coefficient (Wildman–Crippen LogP) is 3.50. The van der Waals surface area contributed by atoms with Crippen LogP contribution in [0.5, 0.6) is 0 Å². The van der Waals surface area contributed by atoms with E-state index < -0.39 is 15.3 Å². The number of anilines is 3. The molecule has 1 saturated carbocycles. The Morgan fingerprint density at radius 1 is 1.28 bits per heavy atom.